The number of unbranched alkanes of at least 4 members (excludes halogenated alkanes) is 1. The van der Waals surface area contributed by atoms with Gasteiger partial charge in [-0.2, -0.15) is 5.26 Å². The Labute approximate surface area is 207 Å². The van der Waals surface area contributed by atoms with Gasteiger partial charge < -0.3 is 20.3 Å². The van der Waals surface area contributed by atoms with Gasteiger partial charge in [-0.1, -0.05) is 43.3 Å². The first kappa shape index (κ1) is 25.2. The van der Waals surface area contributed by atoms with Gasteiger partial charge in [0.15, 0.2) is 6.61 Å². The molecular weight excluding hydrogens is 440 g/mol. The van der Waals surface area contributed by atoms with Gasteiger partial charge in [-0.15, -0.1) is 0 Å². The molecule has 0 bridgehead atoms. The zero-order valence-corrected chi connectivity index (χ0v) is 20.7. The summed E-state index contributed by atoms with van der Waals surface area (Å²) in [6.07, 6.45) is 4.71. The molecule has 1 saturated carbocycles. The Morgan fingerprint density at radius 3 is 2.71 bits per heavy atom. The molecular formula is C29H36N2O4. The molecule has 3 N–H and O–H groups in total. The lowest BCUT2D eigenvalue weighted by atomic mass is 9.49. The van der Waals surface area contributed by atoms with Crippen LogP contribution < -0.4 is 10.1 Å². The van der Waals surface area contributed by atoms with Gasteiger partial charge in [0.2, 0.25) is 0 Å². The molecule has 0 heterocycles. The number of benzene rings is 2. The Kier molecular flexibility index (Phi) is 7.21. The van der Waals surface area contributed by atoms with E-state index in [1.165, 1.54) is 11.1 Å². The first-order valence-corrected chi connectivity index (χ1v) is 12.7. The number of nitriles is 1. The van der Waals surface area contributed by atoms with E-state index in [-0.39, 0.29) is 23.8 Å². The Morgan fingerprint density at radius 1 is 1.23 bits per heavy atom. The van der Waals surface area contributed by atoms with Crippen molar-refractivity contribution in [1.29, 1.82) is 5.26 Å². The summed E-state index contributed by atoms with van der Waals surface area (Å²) in [6.45, 7) is 4.35. The zero-order chi connectivity index (χ0) is 25.1. The van der Waals surface area contributed by atoms with E-state index in [4.69, 9.17) is 10.00 Å². The summed E-state index contributed by atoms with van der Waals surface area (Å²) in [7, 11) is 0. The van der Waals surface area contributed by atoms with E-state index in [1.807, 2.05) is 42.5 Å². The number of ether oxygens (including phenoxy) is 1. The number of aryl methyl sites for hydroxylation is 1. The van der Waals surface area contributed by atoms with E-state index in [0.717, 1.165) is 24.8 Å². The first-order valence-electron chi connectivity index (χ1n) is 12.7. The summed E-state index contributed by atoms with van der Waals surface area (Å²) in [5.74, 6) is 0.703. The van der Waals surface area contributed by atoms with Crippen molar-refractivity contribution >= 4 is 5.91 Å². The number of fused-ring (bicyclic) bond motifs is 3. The van der Waals surface area contributed by atoms with Gasteiger partial charge in [-0.3, -0.25) is 4.79 Å². The number of nitrogens with zero attached hydrogens (tertiary/aromatic N) is 1. The van der Waals surface area contributed by atoms with Crippen LogP contribution in [0.15, 0.2) is 48.5 Å². The molecule has 4 atom stereocenters. The predicted octanol–water partition coefficient (Wildman–Crippen LogP) is 4.13. The molecule has 1 amide bonds. The molecule has 2 aliphatic rings. The summed E-state index contributed by atoms with van der Waals surface area (Å²) in [5.41, 5.74) is 0.382. The highest BCUT2D eigenvalue weighted by Gasteiger charge is 2.60. The van der Waals surface area contributed by atoms with Crippen LogP contribution in [-0.2, 0) is 22.2 Å². The lowest BCUT2D eigenvalue weighted by Crippen LogP contribution is -2.62. The molecule has 0 saturated heterocycles. The maximum Gasteiger partial charge on any atom is 0.257 e. The number of nitrogens with one attached hydrogen (secondary N) is 1. The van der Waals surface area contributed by atoms with Crippen LogP contribution in [0.25, 0.3) is 0 Å². The maximum atomic E-state index is 12.0. The van der Waals surface area contributed by atoms with Gasteiger partial charge in [0.05, 0.1) is 11.7 Å². The number of rotatable bonds is 8. The highest BCUT2D eigenvalue weighted by atomic mass is 16.5. The Balaban J connectivity index is 1.53. The summed E-state index contributed by atoms with van der Waals surface area (Å²) in [6, 6.07) is 17.7. The summed E-state index contributed by atoms with van der Waals surface area (Å²) in [5, 5.41) is 34.8. The van der Waals surface area contributed by atoms with Crippen LogP contribution in [0.2, 0.25) is 0 Å². The van der Waals surface area contributed by atoms with Crippen LogP contribution in [0, 0.1) is 17.2 Å². The van der Waals surface area contributed by atoms with Crippen molar-refractivity contribution in [2.75, 3.05) is 13.2 Å². The fourth-order valence-corrected chi connectivity index (χ4v) is 6.39. The molecule has 2 aromatic carbocycles. The monoisotopic (exact) mass is 476 g/mol. The number of hydrogen-bond acceptors (Lipinski definition) is 5. The molecule has 2 aromatic rings. The predicted molar refractivity (Wildman–Crippen MR) is 134 cm³/mol. The van der Waals surface area contributed by atoms with Gasteiger partial charge in [-0.25, -0.2) is 0 Å². The van der Waals surface area contributed by atoms with Gasteiger partial charge in [-0.05, 0) is 80.2 Å². The highest BCUT2D eigenvalue weighted by Crippen LogP contribution is 2.60. The normalized spacial score (nSPS) is 29.4. The molecule has 6 heteroatoms. The minimum Gasteiger partial charge on any atom is -0.484 e. The fourth-order valence-electron chi connectivity index (χ4n) is 6.39. The molecule has 6 nitrogen and oxygen atoms in total. The first-order chi connectivity index (χ1) is 16.8. The van der Waals surface area contributed by atoms with Crippen molar-refractivity contribution in [3.8, 4) is 11.8 Å². The average molecular weight is 477 g/mol. The molecule has 0 radical (unpaired) electrons. The van der Waals surface area contributed by atoms with Crippen molar-refractivity contribution in [3.05, 3.63) is 65.2 Å². The van der Waals surface area contributed by atoms with Crippen molar-refractivity contribution in [1.82, 2.24) is 5.32 Å². The second kappa shape index (κ2) is 10.0. The standard InChI is InChI=1S/C29H36N2O4/c1-3-28-20-27(2,33)29(34,22-9-5-4-6-10-22)18-23(28)12-11-21-17-24(13-14-25(21)28)35-19-26(32)31-16-8-7-15-30/h4-6,9-10,13-14,17,23,33-34H,3,7-8,11-12,16,18-20H2,1-2H3,(H,31,32)/t23-,27-,28-,29-/m1/s1. The van der Waals surface area contributed by atoms with Gasteiger partial charge in [0.25, 0.3) is 5.91 Å². The molecule has 186 valence electrons. The number of hydrogen-bond donors (Lipinski definition) is 3. The third kappa shape index (κ3) is 4.68. The van der Waals surface area contributed by atoms with Crippen LogP contribution in [-0.4, -0.2) is 34.9 Å². The molecule has 0 spiro atoms. The summed E-state index contributed by atoms with van der Waals surface area (Å²) >= 11 is 0. The molecule has 2 aliphatic carbocycles. The van der Waals surface area contributed by atoms with E-state index in [2.05, 4.69) is 24.4 Å². The molecule has 0 aromatic heterocycles. The van der Waals surface area contributed by atoms with Crippen molar-refractivity contribution in [2.24, 2.45) is 5.92 Å². The average Bonchev–Trinajstić information content (AvgIpc) is 2.86. The van der Waals surface area contributed by atoms with Gasteiger partial charge in [0.1, 0.15) is 11.4 Å². The van der Waals surface area contributed by atoms with Crippen molar-refractivity contribution in [2.45, 2.75) is 75.4 Å². The van der Waals surface area contributed by atoms with Crippen LogP contribution in [0.4, 0.5) is 0 Å². The van der Waals surface area contributed by atoms with Gasteiger partial charge in [0, 0.05) is 18.4 Å². The lowest BCUT2D eigenvalue weighted by molar-refractivity contribution is -0.205. The van der Waals surface area contributed by atoms with Crippen molar-refractivity contribution < 1.29 is 19.7 Å². The fraction of sp³-hybridized carbons (Fsp3) is 0.517. The number of aliphatic hydroxyl groups is 2. The zero-order valence-electron chi connectivity index (χ0n) is 20.7. The number of carbonyl (C=O) groups is 1. The van der Waals surface area contributed by atoms with Crippen LogP contribution in [0.5, 0.6) is 5.75 Å². The second-order valence-electron chi connectivity index (χ2n) is 10.3. The minimum atomic E-state index is -1.29. The van der Waals surface area contributed by atoms with Crippen LogP contribution >= 0.6 is 0 Å². The van der Waals surface area contributed by atoms with E-state index < -0.39 is 11.2 Å². The SMILES string of the molecule is CC[C@@]12C[C@@](C)(O)[C@](O)(c3ccccc3)C[C@H]1CCc1cc(OCC(=O)NCCCC#N)ccc12. The molecule has 0 aliphatic heterocycles. The summed E-state index contributed by atoms with van der Waals surface area (Å²) in [4.78, 5) is 12.0. The van der Waals surface area contributed by atoms with E-state index >= 15 is 0 Å². The van der Waals surface area contributed by atoms with Crippen LogP contribution in [0.1, 0.15) is 69.1 Å². The smallest absolute Gasteiger partial charge is 0.257 e. The third-order valence-electron chi connectivity index (χ3n) is 8.29. The van der Waals surface area contributed by atoms with E-state index in [0.29, 0.717) is 38.0 Å². The van der Waals surface area contributed by atoms with E-state index in [9.17, 15) is 15.0 Å². The summed E-state index contributed by atoms with van der Waals surface area (Å²) < 4.78 is 5.76. The molecule has 4 rings (SSSR count). The topological polar surface area (TPSA) is 103 Å². The molecule has 1 fully saturated rings. The Hall–Kier alpha value is -2.88. The number of carbonyl (C=O) groups excluding carboxylic acids is 1. The molecule has 0 unspecified atom stereocenters. The quantitative estimate of drug-likeness (QED) is 0.497. The van der Waals surface area contributed by atoms with E-state index in [1.54, 1.807) is 6.92 Å². The Morgan fingerprint density at radius 2 is 2.00 bits per heavy atom. The van der Waals surface area contributed by atoms with Crippen molar-refractivity contribution in [3.63, 3.8) is 0 Å². The van der Waals surface area contributed by atoms with Crippen LogP contribution in [0.3, 0.4) is 0 Å². The largest absolute Gasteiger partial charge is 0.484 e. The third-order valence-corrected chi connectivity index (χ3v) is 8.29. The second-order valence-corrected chi connectivity index (χ2v) is 10.3. The Bertz CT molecular complexity index is 1090. The highest BCUT2D eigenvalue weighted by molar-refractivity contribution is 5.77. The number of amides is 1. The van der Waals surface area contributed by atoms with Gasteiger partial charge >= 0.3 is 0 Å². The minimum absolute atomic E-state index is 0.0638. The molecule has 35 heavy (non-hydrogen) atoms. The lowest BCUT2D eigenvalue weighted by Gasteiger charge is -2.59. The maximum absolute atomic E-state index is 12.0.